The molecule has 1 aromatic heterocycles. The third kappa shape index (κ3) is 4.83. The molecule has 120 valence electrons. The molecule has 3 N–H and O–H groups in total. The number of hydrogen-bond acceptors (Lipinski definition) is 4. The van der Waals surface area contributed by atoms with Crippen LogP contribution in [-0.2, 0) is 21.3 Å². The van der Waals surface area contributed by atoms with Gasteiger partial charge >= 0.3 is 0 Å². The minimum atomic E-state index is -3.85. The van der Waals surface area contributed by atoms with Gasteiger partial charge in [0.15, 0.2) is 0 Å². The van der Waals surface area contributed by atoms with Crippen molar-refractivity contribution in [2.75, 3.05) is 13.7 Å². The third-order valence-electron chi connectivity index (χ3n) is 3.30. The van der Waals surface area contributed by atoms with Crippen LogP contribution >= 0.6 is 0 Å². The second-order valence-electron chi connectivity index (χ2n) is 5.48. The summed E-state index contributed by atoms with van der Waals surface area (Å²) in [5.74, 6) is -0.340. The molecule has 0 bridgehead atoms. The fourth-order valence-corrected chi connectivity index (χ4v) is 2.21. The first kappa shape index (κ1) is 17.7. The maximum atomic E-state index is 12.3. The number of carbonyl (C=O) groups is 1. The van der Waals surface area contributed by atoms with Crippen LogP contribution in [0.3, 0.4) is 0 Å². The molecule has 1 heterocycles. The second-order valence-corrected chi connectivity index (χ2v) is 7.05. The minimum absolute atomic E-state index is 0.0851. The number of aromatic nitrogens is 1. The Balaban J connectivity index is 3.14. The van der Waals surface area contributed by atoms with Crippen LogP contribution in [0.25, 0.3) is 0 Å². The van der Waals surface area contributed by atoms with Crippen molar-refractivity contribution >= 4 is 15.9 Å². The summed E-state index contributed by atoms with van der Waals surface area (Å²) in [5.41, 5.74) is -0.132. The van der Waals surface area contributed by atoms with Gasteiger partial charge in [0, 0.05) is 25.4 Å². The molecule has 0 aliphatic rings. The van der Waals surface area contributed by atoms with E-state index in [2.05, 4.69) is 5.32 Å². The zero-order valence-corrected chi connectivity index (χ0v) is 13.7. The first-order valence-corrected chi connectivity index (χ1v) is 8.20. The summed E-state index contributed by atoms with van der Waals surface area (Å²) >= 11 is 0. The molecule has 0 aliphatic carbocycles. The van der Waals surface area contributed by atoms with Crippen molar-refractivity contribution in [1.29, 1.82) is 0 Å². The monoisotopic (exact) mass is 317 g/mol. The Morgan fingerprint density at radius 1 is 1.48 bits per heavy atom. The summed E-state index contributed by atoms with van der Waals surface area (Å²) in [7, 11) is -2.32. The number of nitrogens with one attached hydrogen (secondary N) is 1. The SMILES string of the molecule is CCC(C)(C)NC(=O)c1cc(S(N)(=O)=O)cn1CCOC. The van der Waals surface area contributed by atoms with Crippen molar-refractivity contribution in [1.82, 2.24) is 9.88 Å². The lowest BCUT2D eigenvalue weighted by Crippen LogP contribution is -2.43. The highest BCUT2D eigenvalue weighted by molar-refractivity contribution is 7.89. The van der Waals surface area contributed by atoms with Gasteiger partial charge in [-0.2, -0.15) is 0 Å². The number of carbonyl (C=O) groups excluding carboxylic acids is 1. The van der Waals surface area contributed by atoms with Crippen molar-refractivity contribution < 1.29 is 17.9 Å². The van der Waals surface area contributed by atoms with Crippen LogP contribution in [0, 0.1) is 0 Å². The molecule has 0 saturated carbocycles. The molecule has 0 unspecified atom stereocenters. The van der Waals surface area contributed by atoms with E-state index in [1.807, 2.05) is 20.8 Å². The van der Waals surface area contributed by atoms with Crippen LogP contribution in [0.4, 0.5) is 0 Å². The molecule has 0 saturated heterocycles. The van der Waals surface area contributed by atoms with E-state index in [9.17, 15) is 13.2 Å². The van der Waals surface area contributed by atoms with Crippen LogP contribution in [0.2, 0.25) is 0 Å². The zero-order chi connectivity index (χ0) is 16.3. The van der Waals surface area contributed by atoms with Crippen LogP contribution in [0.5, 0.6) is 0 Å². The van der Waals surface area contributed by atoms with Crippen molar-refractivity contribution in [3.05, 3.63) is 18.0 Å². The predicted molar refractivity (Wildman–Crippen MR) is 79.5 cm³/mol. The topological polar surface area (TPSA) is 103 Å². The molecule has 0 aromatic carbocycles. The van der Waals surface area contributed by atoms with Gasteiger partial charge in [0.25, 0.3) is 5.91 Å². The molecule has 21 heavy (non-hydrogen) atoms. The Morgan fingerprint density at radius 3 is 2.57 bits per heavy atom. The molecule has 8 heteroatoms. The fraction of sp³-hybridized carbons (Fsp3) is 0.615. The van der Waals surface area contributed by atoms with Crippen LogP contribution < -0.4 is 10.5 Å². The summed E-state index contributed by atoms with van der Waals surface area (Å²) in [5, 5.41) is 7.98. The van der Waals surface area contributed by atoms with Crippen LogP contribution in [0.1, 0.15) is 37.7 Å². The number of rotatable bonds is 7. The maximum Gasteiger partial charge on any atom is 0.268 e. The van der Waals surface area contributed by atoms with Crippen molar-refractivity contribution in [2.45, 2.75) is 44.2 Å². The predicted octanol–water partition coefficient (Wildman–Crippen LogP) is 0.700. The van der Waals surface area contributed by atoms with Gasteiger partial charge in [-0.25, -0.2) is 13.6 Å². The third-order valence-corrected chi connectivity index (χ3v) is 4.19. The average molecular weight is 317 g/mol. The van der Waals surface area contributed by atoms with Gasteiger partial charge < -0.3 is 14.6 Å². The van der Waals surface area contributed by atoms with Crippen LogP contribution in [0.15, 0.2) is 17.2 Å². The highest BCUT2D eigenvalue weighted by Crippen LogP contribution is 2.15. The number of amides is 1. The first-order chi connectivity index (χ1) is 9.60. The summed E-state index contributed by atoms with van der Waals surface area (Å²) in [4.78, 5) is 12.2. The number of hydrogen-bond donors (Lipinski definition) is 2. The number of nitrogens with zero attached hydrogens (tertiary/aromatic N) is 1. The molecule has 1 amide bonds. The lowest BCUT2D eigenvalue weighted by atomic mass is 10.0. The van der Waals surface area contributed by atoms with Gasteiger partial charge in [0.1, 0.15) is 10.6 Å². The van der Waals surface area contributed by atoms with E-state index in [0.29, 0.717) is 13.2 Å². The molecule has 0 fully saturated rings. The maximum absolute atomic E-state index is 12.3. The average Bonchev–Trinajstić information content (AvgIpc) is 2.80. The van der Waals surface area contributed by atoms with Gasteiger partial charge in [-0.15, -0.1) is 0 Å². The van der Waals surface area contributed by atoms with E-state index < -0.39 is 10.0 Å². The number of primary sulfonamides is 1. The molecule has 0 radical (unpaired) electrons. The molecule has 7 nitrogen and oxygen atoms in total. The quantitative estimate of drug-likeness (QED) is 0.772. The zero-order valence-electron chi connectivity index (χ0n) is 12.8. The van der Waals surface area contributed by atoms with Gasteiger partial charge in [-0.05, 0) is 26.3 Å². The van der Waals surface area contributed by atoms with E-state index in [-0.39, 0.29) is 22.0 Å². The molecular weight excluding hydrogens is 294 g/mol. The molecule has 1 aromatic rings. The molecular formula is C13H23N3O4S. The highest BCUT2D eigenvalue weighted by atomic mass is 32.2. The number of ether oxygens (including phenoxy) is 1. The Hall–Kier alpha value is -1.38. The summed E-state index contributed by atoms with van der Waals surface area (Å²) in [6.45, 7) is 6.47. The van der Waals surface area contributed by atoms with Gasteiger partial charge in [0.2, 0.25) is 10.0 Å². The van der Waals surface area contributed by atoms with Crippen molar-refractivity contribution in [3.8, 4) is 0 Å². The number of sulfonamides is 1. The minimum Gasteiger partial charge on any atom is -0.383 e. The van der Waals surface area contributed by atoms with E-state index in [0.717, 1.165) is 6.42 Å². The second kappa shape index (κ2) is 6.59. The summed E-state index contributed by atoms with van der Waals surface area (Å²) in [6, 6.07) is 1.28. The summed E-state index contributed by atoms with van der Waals surface area (Å²) in [6.07, 6.45) is 2.10. The molecule has 0 atom stereocenters. The lowest BCUT2D eigenvalue weighted by Gasteiger charge is -2.24. The molecule has 0 spiro atoms. The highest BCUT2D eigenvalue weighted by Gasteiger charge is 2.23. The first-order valence-electron chi connectivity index (χ1n) is 6.65. The van der Waals surface area contributed by atoms with E-state index in [1.165, 1.54) is 23.9 Å². The van der Waals surface area contributed by atoms with Crippen molar-refractivity contribution in [3.63, 3.8) is 0 Å². The number of methoxy groups -OCH3 is 1. The Kier molecular flexibility index (Phi) is 5.54. The van der Waals surface area contributed by atoms with Crippen LogP contribution in [-0.4, -0.2) is 38.1 Å². The Morgan fingerprint density at radius 2 is 2.10 bits per heavy atom. The Bertz CT molecular complexity index is 605. The Labute approximate surface area is 125 Å². The summed E-state index contributed by atoms with van der Waals surface area (Å²) < 4.78 is 29.4. The van der Waals surface area contributed by atoms with E-state index in [1.54, 1.807) is 0 Å². The van der Waals surface area contributed by atoms with Gasteiger partial charge in [-0.1, -0.05) is 6.92 Å². The lowest BCUT2D eigenvalue weighted by molar-refractivity contribution is 0.0899. The smallest absolute Gasteiger partial charge is 0.268 e. The molecule has 1 rings (SSSR count). The normalized spacial score (nSPS) is 12.4. The van der Waals surface area contributed by atoms with Gasteiger partial charge in [0.05, 0.1) is 6.61 Å². The molecule has 0 aliphatic heterocycles. The fourth-order valence-electron chi connectivity index (χ4n) is 1.66. The largest absolute Gasteiger partial charge is 0.383 e. The standard InChI is InChI=1S/C13H23N3O4S/c1-5-13(2,3)15-12(17)11-8-10(21(14,18)19)9-16(11)6-7-20-4/h8-9H,5-7H2,1-4H3,(H,15,17)(H2,14,18,19). The van der Waals surface area contributed by atoms with E-state index in [4.69, 9.17) is 9.88 Å². The van der Waals surface area contributed by atoms with Gasteiger partial charge in [-0.3, -0.25) is 4.79 Å². The number of nitrogens with two attached hydrogens (primary N) is 1. The van der Waals surface area contributed by atoms with E-state index >= 15 is 0 Å². The van der Waals surface area contributed by atoms with Crippen molar-refractivity contribution in [2.24, 2.45) is 5.14 Å².